The lowest BCUT2D eigenvalue weighted by atomic mass is 10.1. The summed E-state index contributed by atoms with van der Waals surface area (Å²) >= 11 is 2.90. The van der Waals surface area contributed by atoms with E-state index in [1.165, 1.54) is 11.3 Å². The van der Waals surface area contributed by atoms with Crippen LogP contribution in [-0.2, 0) is 17.0 Å². The molecular weight excluding hydrogens is 282 g/mol. The predicted molar refractivity (Wildman–Crippen MR) is 76.4 cm³/mol. The largest absolute Gasteiger partial charge is 0.374 e. The number of nitrogens with zero attached hydrogens (tertiary/aromatic N) is 2. The number of amides is 1. The molecule has 1 amide bonds. The van der Waals surface area contributed by atoms with Gasteiger partial charge in [0.15, 0.2) is 4.34 Å². The molecule has 0 saturated carbocycles. The quantitative estimate of drug-likeness (QED) is 0.328. The number of anilines is 1. The number of nitrogens with one attached hydrogen (secondary N) is 1. The van der Waals surface area contributed by atoms with Gasteiger partial charge in [0, 0.05) is 5.75 Å². The van der Waals surface area contributed by atoms with Crippen molar-refractivity contribution in [3.63, 3.8) is 0 Å². The summed E-state index contributed by atoms with van der Waals surface area (Å²) in [7, 11) is 0. The Hall–Kier alpha value is -1.64. The van der Waals surface area contributed by atoms with E-state index in [9.17, 15) is 4.79 Å². The molecule has 1 aromatic carbocycles. The molecule has 100 valence electrons. The zero-order valence-corrected chi connectivity index (χ0v) is 11.6. The maximum atomic E-state index is 11.3. The molecule has 0 radical (unpaired) electrons. The number of nitrogen functional groups attached to an aromatic ring is 1. The number of carbonyl (C=O) groups excluding carboxylic acids is 1. The Morgan fingerprint density at radius 1 is 1.32 bits per heavy atom. The maximum absolute atomic E-state index is 11.3. The normalized spacial score (nSPS) is 10.4. The standard InChI is InChI=1S/C11H13N5OS2/c12-10-15-16-11(19-10)18-6-8-4-2-1-3-7(8)5-9(17)14-13/h1-4H,5-6,13H2,(H2,12,15)(H,14,17). The second-order valence-electron chi connectivity index (χ2n) is 3.71. The SMILES string of the molecule is NNC(=O)Cc1ccccc1CSc1nnc(N)s1. The first-order valence-corrected chi connectivity index (χ1v) is 7.27. The van der Waals surface area contributed by atoms with Crippen molar-refractivity contribution >= 4 is 34.1 Å². The molecule has 0 spiro atoms. The minimum Gasteiger partial charge on any atom is -0.374 e. The van der Waals surface area contributed by atoms with Gasteiger partial charge in [0.2, 0.25) is 11.0 Å². The van der Waals surface area contributed by atoms with E-state index in [2.05, 4.69) is 15.6 Å². The van der Waals surface area contributed by atoms with Gasteiger partial charge in [0.05, 0.1) is 6.42 Å². The van der Waals surface area contributed by atoms with Crippen LogP contribution in [0.1, 0.15) is 11.1 Å². The Labute approximate surface area is 118 Å². The third kappa shape index (κ3) is 3.91. The van der Waals surface area contributed by atoms with Gasteiger partial charge in [-0.15, -0.1) is 10.2 Å². The summed E-state index contributed by atoms with van der Waals surface area (Å²) in [5.41, 5.74) is 9.69. The fourth-order valence-electron chi connectivity index (χ4n) is 1.51. The minimum atomic E-state index is -0.211. The molecule has 0 atom stereocenters. The molecule has 2 rings (SSSR count). The summed E-state index contributed by atoms with van der Waals surface area (Å²) in [6.07, 6.45) is 0.269. The molecule has 6 nitrogen and oxygen atoms in total. The average Bonchev–Trinajstić information content (AvgIpc) is 2.83. The van der Waals surface area contributed by atoms with Crippen molar-refractivity contribution in [3.05, 3.63) is 35.4 Å². The van der Waals surface area contributed by atoms with Gasteiger partial charge in [0.25, 0.3) is 0 Å². The van der Waals surface area contributed by atoms with Gasteiger partial charge in [-0.3, -0.25) is 10.2 Å². The lowest BCUT2D eigenvalue weighted by Crippen LogP contribution is -2.31. The first-order valence-electron chi connectivity index (χ1n) is 5.47. The van der Waals surface area contributed by atoms with E-state index in [0.717, 1.165) is 15.5 Å². The molecule has 1 aromatic heterocycles. The first-order chi connectivity index (χ1) is 9.19. The van der Waals surface area contributed by atoms with Crippen LogP contribution in [0.25, 0.3) is 0 Å². The third-order valence-corrected chi connectivity index (χ3v) is 4.34. The van der Waals surface area contributed by atoms with Crippen molar-refractivity contribution in [2.75, 3.05) is 5.73 Å². The zero-order valence-electron chi connectivity index (χ0n) is 10.00. The van der Waals surface area contributed by atoms with Crippen molar-refractivity contribution in [1.82, 2.24) is 15.6 Å². The van der Waals surface area contributed by atoms with E-state index in [0.29, 0.717) is 10.9 Å². The minimum absolute atomic E-state index is 0.211. The summed E-state index contributed by atoms with van der Waals surface area (Å²) in [6.45, 7) is 0. The van der Waals surface area contributed by atoms with Crippen molar-refractivity contribution in [1.29, 1.82) is 0 Å². The second-order valence-corrected chi connectivity index (χ2v) is 5.94. The topological polar surface area (TPSA) is 107 Å². The van der Waals surface area contributed by atoms with Crippen molar-refractivity contribution < 1.29 is 4.79 Å². The number of rotatable bonds is 5. The number of nitrogens with two attached hydrogens (primary N) is 2. The van der Waals surface area contributed by atoms with E-state index in [-0.39, 0.29) is 12.3 Å². The number of hydrogen-bond acceptors (Lipinski definition) is 7. The van der Waals surface area contributed by atoms with Gasteiger partial charge in [-0.2, -0.15) is 0 Å². The van der Waals surface area contributed by atoms with Crippen LogP contribution in [0.2, 0.25) is 0 Å². The van der Waals surface area contributed by atoms with Crippen LogP contribution >= 0.6 is 23.1 Å². The van der Waals surface area contributed by atoms with Crippen LogP contribution in [0, 0.1) is 0 Å². The van der Waals surface area contributed by atoms with E-state index in [1.807, 2.05) is 24.3 Å². The smallest absolute Gasteiger partial charge is 0.238 e. The molecule has 19 heavy (non-hydrogen) atoms. The number of aromatic nitrogens is 2. The van der Waals surface area contributed by atoms with E-state index in [1.54, 1.807) is 11.8 Å². The lowest BCUT2D eigenvalue weighted by Gasteiger charge is -2.07. The zero-order chi connectivity index (χ0) is 13.7. The number of hydrazine groups is 1. The van der Waals surface area contributed by atoms with Crippen molar-refractivity contribution in [3.8, 4) is 0 Å². The molecule has 0 saturated heterocycles. The Bertz CT molecular complexity index is 572. The number of hydrogen-bond donors (Lipinski definition) is 3. The van der Waals surface area contributed by atoms with E-state index in [4.69, 9.17) is 11.6 Å². The lowest BCUT2D eigenvalue weighted by molar-refractivity contribution is -0.120. The van der Waals surface area contributed by atoms with Crippen LogP contribution in [0.15, 0.2) is 28.6 Å². The van der Waals surface area contributed by atoms with Crippen LogP contribution in [0.5, 0.6) is 0 Å². The summed E-state index contributed by atoms with van der Waals surface area (Å²) in [5, 5.41) is 8.16. The average molecular weight is 295 g/mol. The number of benzene rings is 1. The molecule has 5 N–H and O–H groups in total. The van der Waals surface area contributed by atoms with Crippen LogP contribution in [0.3, 0.4) is 0 Å². The van der Waals surface area contributed by atoms with Gasteiger partial charge >= 0.3 is 0 Å². The van der Waals surface area contributed by atoms with Gasteiger partial charge < -0.3 is 5.73 Å². The second kappa shape index (κ2) is 6.50. The molecule has 1 heterocycles. The number of carbonyl (C=O) groups is 1. The van der Waals surface area contributed by atoms with Crippen molar-refractivity contribution in [2.24, 2.45) is 5.84 Å². The highest BCUT2D eigenvalue weighted by molar-refractivity contribution is 8.00. The molecule has 0 aliphatic rings. The fraction of sp³-hybridized carbons (Fsp3) is 0.182. The van der Waals surface area contributed by atoms with Crippen LogP contribution < -0.4 is 17.0 Å². The van der Waals surface area contributed by atoms with Crippen molar-refractivity contribution in [2.45, 2.75) is 16.5 Å². The Kier molecular flexibility index (Phi) is 4.72. The van der Waals surface area contributed by atoms with Gasteiger partial charge in [-0.25, -0.2) is 5.84 Å². The van der Waals surface area contributed by atoms with Gasteiger partial charge in [-0.05, 0) is 11.1 Å². The van der Waals surface area contributed by atoms with E-state index >= 15 is 0 Å². The molecule has 0 bridgehead atoms. The van der Waals surface area contributed by atoms with Gasteiger partial charge in [0.1, 0.15) is 0 Å². The molecule has 0 aliphatic heterocycles. The highest BCUT2D eigenvalue weighted by Gasteiger charge is 2.08. The van der Waals surface area contributed by atoms with Crippen LogP contribution in [0.4, 0.5) is 5.13 Å². The molecule has 0 unspecified atom stereocenters. The summed E-state index contributed by atoms with van der Waals surface area (Å²) in [6, 6.07) is 7.74. The van der Waals surface area contributed by atoms with Crippen LogP contribution in [-0.4, -0.2) is 16.1 Å². The molecule has 8 heteroatoms. The summed E-state index contributed by atoms with van der Waals surface area (Å²) in [5.74, 6) is 5.60. The highest BCUT2D eigenvalue weighted by atomic mass is 32.2. The molecular formula is C11H13N5OS2. The molecule has 0 aliphatic carbocycles. The van der Waals surface area contributed by atoms with E-state index < -0.39 is 0 Å². The Morgan fingerprint density at radius 3 is 2.68 bits per heavy atom. The predicted octanol–water partition coefficient (Wildman–Crippen LogP) is 0.945. The third-order valence-electron chi connectivity index (χ3n) is 2.40. The molecule has 2 aromatic rings. The molecule has 0 fully saturated rings. The summed E-state index contributed by atoms with van der Waals surface area (Å²) in [4.78, 5) is 11.3. The van der Waals surface area contributed by atoms with Gasteiger partial charge in [-0.1, -0.05) is 47.4 Å². The monoisotopic (exact) mass is 295 g/mol. The highest BCUT2D eigenvalue weighted by Crippen LogP contribution is 2.28. The number of thioether (sulfide) groups is 1. The summed E-state index contributed by atoms with van der Waals surface area (Å²) < 4.78 is 0.815. The Balaban J connectivity index is 2.05. The fourth-order valence-corrected chi connectivity index (χ4v) is 3.18. The Morgan fingerprint density at radius 2 is 2.05 bits per heavy atom. The maximum Gasteiger partial charge on any atom is 0.238 e. The first kappa shape index (κ1) is 13.8.